The van der Waals surface area contributed by atoms with E-state index in [0.717, 1.165) is 39.5 Å². The van der Waals surface area contributed by atoms with Gasteiger partial charge in [-0.05, 0) is 91.3 Å². The summed E-state index contributed by atoms with van der Waals surface area (Å²) in [5.74, 6) is 2.24. The molecule has 3 aromatic heterocycles. The molecule has 0 N–H and O–H groups in total. The van der Waals surface area contributed by atoms with E-state index in [2.05, 4.69) is 57.1 Å². The molecule has 0 aliphatic carbocycles. The fraction of sp³-hybridized carbons (Fsp3) is 0.179. The number of hydrogen-bond acceptors (Lipinski definition) is 3. The zero-order valence-corrected chi connectivity index (χ0v) is 26.0. The summed E-state index contributed by atoms with van der Waals surface area (Å²) in [6.45, 7) is 8.92. The lowest BCUT2D eigenvalue weighted by Crippen LogP contribution is -1.98. The van der Waals surface area contributed by atoms with Gasteiger partial charge in [0, 0.05) is 46.9 Å². The Labute approximate surface area is 262 Å². The largest absolute Gasteiger partial charge is 0.457 e. The van der Waals surface area contributed by atoms with Crippen molar-refractivity contribution in [2.75, 3.05) is 0 Å². The molecular weight excluding hydrogens is 559 g/mol. The first kappa shape index (κ1) is 28.5. The molecule has 7 rings (SSSR count). The van der Waals surface area contributed by atoms with Gasteiger partial charge in [0.25, 0.3) is 0 Å². The second-order valence-corrected chi connectivity index (χ2v) is 12.2. The number of benzene rings is 4. The first-order valence-electron chi connectivity index (χ1n) is 15.4. The molecule has 0 unspecified atom stereocenters. The van der Waals surface area contributed by atoms with E-state index >= 15 is 0 Å². The zero-order chi connectivity index (χ0) is 31.1. The quantitative estimate of drug-likeness (QED) is 0.176. The number of ether oxygens (including phenoxy) is 1. The molecule has 0 aliphatic rings. The first-order chi connectivity index (χ1) is 21.8. The molecule has 0 aliphatic heterocycles. The number of hydrogen-bond donors (Lipinski definition) is 0. The van der Waals surface area contributed by atoms with Gasteiger partial charge in [0.15, 0.2) is 0 Å². The molecule has 0 fully saturated rings. The number of para-hydroxylation sites is 1. The van der Waals surface area contributed by atoms with Gasteiger partial charge in [0.1, 0.15) is 23.1 Å². The third-order valence-corrected chi connectivity index (χ3v) is 8.37. The van der Waals surface area contributed by atoms with Crippen LogP contribution in [0.3, 0.4) is 0 Å². The van der Waals surface area contributed by atoms with E-state index in [9.17, 15) is 4.39 Å². The van der Waals surface area contributed by atoms with E-state index in [0.29, 0.717) is 23.2 Å². The normalized spacial score (nSPS) is 11.6. The van der Waals surface area contributed by atoms with Crippen molar-refractivity contribution in [2.24, 2.45) is 5.92 Å². The summed E-state index contributed by atoms with van der Waals surface area (Å²) in [4.78, 5) is 4.47. The van der Waals surface area contributed by atoms with Gasteiger partial charge in [0.2, 0.25) is 0 Å². The molecule has 7 aromatic rings. The number of aryl methyl sites for hydroxylation is 3. The Bertz CT molecular complexity index is 2150. The summed E-state index contributed by atoms with van der Waals surface area (Å²) >= 11 is 0. The number of aromatic nitrogens is 4. The van der Waals surface area contributed by atoms with Gasteiger partial charge in [-0.2, -0.15) is 5.10 Å². The third kappa shape index (κ3) is 5.60. The summed E-state index contributed by atoms with van der Waals surface area (Å²) in [6, 6.07) is 29.4. The molecule has 6 heteroatoms. The fourth-order valence-electron chi connectivity index (χ4n) is 6.30. The molecular formula is C39H35FN4O. The van der Waals surface area contributed by atoms with Crippen molar-refractivity contribution in [1.82, 2.24) is 19.3 Å². The maximum absolute atomic E-state index is 14.2. The smallest absolute Gasteiger partial charge is 0.140 e. The second kappa shape index (κ2) is 11.7. The Balaban J connectivity index is 1.19. The van der Waals surface area contributed by atoms with Crippen LogP contribution < -0.4 is 4.74 Å². The number of fused-ring (bicyclic) bond motifs is 3. The molecule has 0 spiro atoms. The Morgan fingerprint density at radius 3 is 2.38 bits per heavy atom. The number of rotatable bonds is 8. The molecule has 224 valence electrons. The monoisotopic (exact) mass is 594 g/mol. The fourth-order valence-corrected chi connectivity index (χ4v) is 6.30. The summed E-state index contributed by atoms with van der Waals surface area (Å²) in [5.41, 5.74) is 9.01. The van der Waals surface area contributed by atoms with Gasteiger partial charge >= 0.3 is 0 Å². The van der Waals surface area contributed by atoms with Crippen molar-refractivity contribution in [1.29, 1.82) is 0 Å². The van der Waals surface area contributed by atoms with Crippen LogP contribution in [0.2, 0.25) is 0 Å². The highest BCUT2D eigenvalue weighted by atomic mass is 19.1. The van der Waals surface area contributed by atoms with Crippen molar-refractivity contribution in [3.8, 4) is 34.1 Å². The summed E-state index contributed by atoms with van der Waals surface area (Å²) in [7, 11) is 0. The molecule has 0 atom stereocenters. The lowest BCUT2D eigenvalue weighted by molar-refractivity contribution is 0.483. The van der Waals surface area contributed by atoms with Crippen LogP contribution in [0.15, 0.2) is 110 Å². The summed E-state index contributed by atoms with van der Waals surface area (Å²) in [6.07, 6.45) is 7.80. The van der Waals surface area contributed by atoms with Crippen molar-refractivity contribution in [3.05, 3.63) is 132 Å². The Kier molecular flexibility index (Phi) is 7.42. The van der Waals surface area contributed by atoms with E-state index in [1.54, 1.807) is 0 Å². The minimum absolute atomic E-state index is 0.332. The Morgan fingerprint density at radius 2 is 1.58 bits per heavy atom. The van der Waals surface area contributed by atoms with Gasteiger partial charge in [-0.15, -0.1) is 0 Å². The van der Waals surface area contributed by atoms with E-state index in [-0.39, 0.29) is 5.82 Å². The van der Waals surface area contributed by atoms with Crippen LogP contribution >= 0.6 is 0 Å². The van der Waals surface area contributed by atoms with Gasteiger partial charge in [-0.1, -0.05) is 50.2 Å². The SMILES string of the molecule is Cc1cc(CCC(C)C)cc(C)c1-c1cnn(-c2cccc(Oc3ccc4c5ccccc5n(-c5cc(F)ccn5)c4c3)c2)c1. The summed E-state index contributed by atoms with van der Waals surface area (Å²) < 4.78 is 24.5. The van der Waals surface area contributed by atoms with Crippen LogP contribution in [0.5, 0.6) is 11.5 Å². The predicted octanol–water partition coefficient (Wildman–Crippen LogP) is 10.2. The van der Waals surface area contributed by atoms with Crippen molar-refractivity contribution in [2.45, 2.75) is 40.5 Å². The highest BCUT2D eigenvalue weighted by molar-refractivity contribution is 6.09. The van der Waals surface area contributed by atoms with E-state index in [4.69, 9.17) is 9.84 Å². The number of halogens is 1. The molecule has 3 heterocycles. The lowest BCUT2D eigenvalue weighted by atomic mass is 9.93. The van der Waals surface area contributed by atoms with Gasteiger partial charge in [0.05, 0.1) is 22.9 Å². The van der Waals surface area contributed by atoms with Crippen LogP contribution in [0.1, 0.15) is 37.0 Å². The van der Waals surface area contributed by atoms with Gasteiger partial charge in [-0.3, -0.25) is 4.57 Å². The highest BCUT2D eigenvalue weighted by Gasteiger charge is 2.15. The Hall–Kier alpha value is -5.23. The Morgan fingerprint density at radius 1 is 0.800 bits per heavy atom. The first-order valence-corrected chi connectivity index (χ1v) is 15.4. The van der Waals surface area contributed by atoms with Crippen LogP contribution in [0, 0.1) is 25.6 Å². The summed E-state index contributed by atoms with van der Waals surface area (Å²) in [5, 5.41) is 6.82. The third-order valence-electron chi connectivity index (χ3n) is 8.37. The van der Waals surface area contributed by atoms with Crippen molar-refractivity contribution in [3.63, 3.8) is 0 Å². The van der Waals surface area contributed by atoms with E-state index in [1.165, 1.54) is 47.0 Å². The molecule has 0 saturated carbocycles. The molecule has 0 radical (unpaired) electrons. The minimum Gasteiger partial charge on any atom is -0.457 e. The standard InChI is InChI=1S/C39H35FN4O/c1-25(2)12-13-28-18-26(3)39(27(4)19-28)29-23-42-43(24-29)31-8-7-9-32(21-31)45-33-14-15-35-34-10-5-6-11-36(34)44(37(35)22-33)38-20-30(40)16-17-41-38/h5-11,14-25H,12-13H2,1-4H3. The van der Waals surface area contributed by atoms with Crippen LogP contribution in [-0.2, 0) is 6.42 Å². The maximum Gasteiger partial charge on any atom is 0.140 e. The topological polar surface area (TPSA) is 44.9 Å². The van der Waals surface area contributed by atoms with E-state index in [1.807, 2.05) is 76.1 Å². The molecule has 45 heavy (non-hydrogen) atoms. The zero-order valence-electron chi connectivity index (χ0n) is 26.0. The van der Waals surface area contributed by atoms with Gasteiger partial charge < -0.3 is 4.74 Å². The lowest BCUT2D eigenvalue weighted by Gasteiger charge is -2.12. The average Bonchev–Trinajstić information content (AvgIpc) is 3.63. The highest BCUT2D eigenvalue weighted by Crippen LogP contribution is 2.35. The minimum atomic E-state index is -0.332. The second-order valence-electron chi connectivity index (χ2n) is 12.2. The maximum atomic E-state index is 14.2. The molecule has 0 saturated heterocycles. The predicted molar refractivity (Wildman–Crippen MR) is 180 cm³/mol. The van der Waals surface area contributed by atoms with Crippen molar-refractivity contribution >= 4 is 21.8 Å². The molecule has 0 bridgehead atoms. The van der Waals surface area contributed by atoms with E-state index < -0.39 is 0 Å². The molecule has 5 nitrogen and oxygen atoms in total. The number of pyridine rings is 1. The van der Waals surface area contributed by atoms with Crippen LogP contribution in [0.25, 0.3) is 44.4 Å². The van der Waals surface area contributed by atoms with Gasteiger partial charge in [-0.25, -0.2) is 14.1 Å². The molecule has 0 amide bonds. The number of nitrogens with zero attached hydrogens (tertiary/aromatic N) is 4. The van der Waals surface area contributed by atoms with Crippen molar-refractivity contribution < 1.29 is 9.13 Å². The average molecular weight is 595 g/mol. The van der Waals surface area contributed by atoms with Crippen LogP contribution in [0.4, 0.5) is 4.39 Å². The van der Waals surface area contributed by atoms with Crippen LogP contribution in [-0.4, -0.2) is 19.3 Å². The molecule has 4 aromatic carbocycles.